The molecule has 0 saturated carbocycles. The quantitative estimate of drug-likeness (QED) is 0.412. The van der Waals surface area contributed by atoms with E-state index in [4.69, 9.17) is 0 Å². The summed E-state index contributed by atoms with van der Waals surface area (Å²) >= 11 is 1.42. The van der Waals surface area contributed by atoms with E-state index in [-0.39, 0.29) is 5.91 Å². The zero-order valence-corrected chi connectivity index (χ0v) is 18.8. The number of anilines is 1. The van der Waals surface area contributed by atoms with E-state index in [2.05, 4.69) is 25.1 Å². The lowest BCUT2D eigenvalue weighted by atomic mass is 10.2. The van der Waals surface area contributed by atoms with E-state index in [9.17, 15) is 4.79 Å². The number of carbonyl (C=O) groups excluding carboxylic acids is 1. The fraction of sp³-hybridized carbons (Fsp3) is 0.208. The molecule has 4 aromatic rings. The first-order valence-electron chi connectivity index (χ1n) is 10.8. The third-order valence-electron chi connectivity index (χ3n) is 5.47. The molecule has 1 saturated heterocycles. The maximum Gasteiger partial charge on any atom is 0.233 e. The highest BCUT2D eigenvalue weighted by molar-refractivity contribution is 7.99. The zero-order valence-electron chi connectivity index (χ0n) is 18.0. The number of thioether (sulfide) groups is 1. The molecule has 1 aliphatic rings. The average Bonchev–Trinajstić information content (AvgIpc) is 3.33. The van der Waals surface area contributed by atoms with Gasteiger partial charge in [-0.05, 0) is 18.2 Å². The number of piperazine rings is 1. The Morgan fingerprint density at radius 3 is 2.18 bits per heavy atom. The second kappa shape index (κ2) is 9.83. The molecule has 8 nitrogen and oxygen atoms in total. The highest BCUT2D eigenvalue weighted by atomic mass is 32.2. The first-order valence-corrected chi connectivity index (χ1v) is 11.8. The summed E-state index contributed by atoms with van der Waals surface area (Å²) in [5, 5.41) is 9.56. The summed E-state index contributed by atoms with van der Waals surface area (Å²) in [6, 6.07) is 21.8. The Kier molecular flexibility index (Phi) is 6.30. The fourth-order valence-corrected chi connectivity index (χ4v) is 4.63. The van der Waals surface area contributed by atoms with Gasteiger partial charge in [-0.2, -0.15) is 0 Å². The third-order valence-corrected chi connectivity index (χ3v) is 6.39. The van der Waals surface area contributed by atoms with Crippen LogP contribution in [0.25, 0.3) is 17.1 Å². The third kappa shape index (κ3) is 4.73. The van der Waals surface area contributed by atoms with Gasteiger partial charge >= 0.3 is 0 Å². The van der Waals surface area contributed by atoms with Crippen molar-refractivity contribution in [3.63, 3.8) is 0 Å². The van der Waals surface area contributed by atoms with Crippen LogP contribution in [0.2, 0.25) is 0 Å². The standard InChI is InChI=1S/C24H23N7OS/c32-21(29-14-16-30(17-15-29)23-25-12-7-13-26-23)18-33-24-28-27-22(19-8-3-1-4-9-19)31(24)20-10-5-2-6-11-20/h1-13H,14-18H2. The predicted molar refractivity (Wildman–Crippen MR) is 128 cm³/mol. The molecule has 0 bridgehead atoms. The maximum absolute atomic E-state index is 12.9. The van der Waals surface area contributed by atoms with Gasteiger partial charge < -0.3 is 9.80 Å². The summed E-state index contributed by atoms with van der Waals surface area (Å²) in [5.41, 5.74) is 1.94. The molecular formula is C24H23N7OS. The Morgan fingerprint density at radius 1 is 0.818 bits per heavy atom. The molecule has 166 valence electrons. The second-order valence-electron chi connectivity index (χ2n) is 7.55. The number of nitrogens with zero attached hydrogens (tertiary/aromatic N) is 7. The Hall–Kier alpha value is -3.72. The van der Waals surface area contributed by atoms with Crippen molar-refractivity contribution in [2.75, 3.05) is 36.8 Å². The number of hydrogen-bond acceptors (Lipinski definition) is 7. The van der Waals surface area contributed by atoms with Crippen LogP contribution in [0.15, 0.2) is 84.3 Å². The van der Waals surface area contributed by atoms with E-state index in [1.165, 1.54) is 11.8 Å². The van der Waals surface area contributed by atoms with Crippen LogP contribution in [0.4, 0.5) is 5.95 Å². The molecule has 9 heteroatoms. The van der Waals surface area contributed by atoms with Crippen molar-refractivity contribution in [2.24, 2.45) is 0 Å². The molecule has 0 unspecified atom stereocenters. The van der Waals surface area contributed by atoms with Crippen molar-refractivity contribution in [3.05, 3.63) is 79.1 Å². The van der Waals surface area contributed by atoms with E-state index >= 15 is 0 Å². The van der Waals surface area contributed by atoms with Crippen molar-refractivity contribution in [1.29, 1.82) is 0 Å². The van der Waals surface area contributed by atoms with Crippen molar-refractivity contribution < 1.29 is 4.79 Å². The van der Waals surface area contributed by atoms with Gasteiger partial charge in [0.2, 0.25) is 11.9 Å². The molecule has 0 atom stereocenters. The van der Waals surface area contributed by atoms with Gasteiger partial charge in [0.15, 0.2) is 11.0 Å². The summed E-state index contributed by atoms with van der Waals surface area (Å²) < 4.78 is 2.01. The topological polar surface area (TPSA) is 80.0 Å². The number of hydrogen-bond donors (Lipinski definition) is 0. The largest absolute Gasteiger partial charge is 0.338 e. The molecule has 1 fully saturated rings. The normalized spacial score (nSPS) is 13.8. The Bertz CT molecular complexity index is 1190. The molecule has 2 aromatic carbocycles. The maximum atomic E-state index is 12.9. The van der Waals surface area contributed by atoms with Crippen molar-refractivity contribution in [2.45, 2.75) is 5.16 Å². The molecule has 1 aliphatic heterocycles. The van der Waals surface area contributed by atoms with Crippen LogP contribution in [-0.4, -0.2) is 67.5 Å². The first-order chi connectivity index (χ1) is 16.3. The Balaban J connectivity index is 1.28. The molecule has 2 aromatic heterocycles. The lowest BCUT2D eigenvalue weighted by Crippen LogP contribution is -2.49. The molecule has 5 rings (SSSR count). The van der Waals surface area contributed by atoms with E-state index in [1.807, 2.05) is 70.1 Å². The monoisotopic (exact) mass is 457 g/mol. The zero-order chi connectivity index (χ0) is 22.5. The molecule has 0 spiro atoms. The predicted octanol–water partition coefficient (Wildman–Crippen LogP) is 3.17. The van der Waals surface area contributed by atoms with Crippen LogP contribution in [-0.2, 0) is 4.79 Å². The molecule has 33 heavy (non-hydrogen) atoms. The summed E-state index contributed by atoms with van der Waals surface area (Å²) in [5.74, 6) is 1.87. The number of benzene rings is 2. The minimum Gasteiger partial charge on any atom is -0.338 e. The number of amides is 1. The average molecular weight is 458 g/mol. The second-order valence-corrected chi connectivity index (χ2v) is 8.49. The lowest BCUT2D eigenvalue weighted by Gasteiger charge is -2.34. The lowest BCUT2D eigenvalue weighted by molar-refractivity contribution is -0.128. The number of aromatic nitrogens is 5. The molecule has 0 N–H and O–H groups in total. The first kappa shape index (κ1) is 21.1. The van der Waals surface area contributed by atoms with Gasteiger partial charge in [-0.15, -0.1) is 10.2 Å². The highest BCUT2D eigenvalue weighted by Gasteiger charge is 2.24. The van der Waals surface area contributed by atoms with Crippen LogP contribution >= 0.6 is 11.8 Å². The number of carbonyl (C=O) groups is 1. The minimum atomic E-state index is 0.0949. The number of rotatable bonds is 6. The van der Waals surface area contributed by atoms with Crippen LogP contribution in [0.3, 0.4) is 0 Å². The van der Waals surface area contributed by atoms with E-state index in [0.29, 0.717) is 29.9 Å². The summed E-state index contributed by atoms with van der Waals surface area (Å²) in [4.78, 5) is 25.5. The van der Waals surface area contributed by atoms with Crippen LogP contribution < -0.4 is 4.90 Å². The van der Waals surface area contributed by atoms with Crippen LogP contribution in [0, 0.1) is 0 Å². The van der Waals surface area contributed by atoms with Crippen molar-refractivity contribution >= 4 is 23.6 Å². The minimum absolute atomic E-state index is 0.0949. The molecule has 3 heterocycles. The fourth-order valence-electron chi connectivity index (χ4n) is 3.78. The van der Waals surface area contributed by atoms with Gasteiger partial charge in [0.25, 0.3) is 0 Å². The summed E-state index contributed by atoms with van der Waals surface area (Å²) in [6.45, 7) is 2.74. The molecule has 1 amide bonds. The smallest absolute Gasteiger partial charge is 0.233 e. The van der Waals surface area contributed by atoms with Gasteiger partial charge in [0.05, 0.1) is 5.75 Å². The van der Waals surface area contributed by atoms with E-state index in [1.54, 1.807) is 18.5 Å². The van der Waals surface area contributed by atoms with Crippen molar-refractivity contribution in [3.8, 4) is 17.1 Å². The SMILES string of the molecule is O=C(CSc1nnc(-c2ccccc2)n1-c1ccccc1)N1CCN(c2ncccn2)CC1. The van der Waals surface area contributed by atoms with Crippen molar-refractivity contribution in [1.82, 2.24) is 29.6 Å². The molecule has 0 radical (unpaired) electrons. The van der Waals surface area contributed by atoms with Crippen LogP contribution in [0.1, 0.15) is 0 Å². The summed E-state index contributed by atoms with van der Waals surface area (Å²) in [6.07, 6.45) is 3.48. The van der Waals surface area contributed by atoms with Gasteiger partial charge in [-0.1, -0.05) is 60.3 Å². The molecular weight excluding hydrogens is 434 g/mol. The van der Waals surface area contributed by atoms with Gasteiger partial charge in [-0.3, -0.25) is 9.36 Å². The van der Waals surface area contributed by atoms with Crippen LogP contribution in [0.5, 0.6) is 0 Å². The van der Waals surface area contributed by atoms with E-state index < -0.39 is 0 Å². The summed E-state index contributed by atoms with van der Waals surface area (Å²) in [7, 11) is 0. The number of para-hydroxylation sites is 1. The Labute approximate surface area is 196 Å². The van der Waals surface area contributed by atoms with Gasteiger partial charge in [0, 0.05) is 49.8 Å². The highest BCUT2D eigenvalue weighted by Crippen LogP contribution is 2.28. The van der Waals surface area contributed by atoms with E-state index in [0.717, 1.165) is 30.2 Å². The van der Waals surface area contributed by atoms with Gasteiger partial charge in [0.1, 0.15) is 0 Å². The van der Waals surface area contributed by atoms with Gasteiger partial charge in [-0.25, -0.2) is 9.97 Å². The molecule has 0 aliphatic carbocycles. The Morgan fingerprint density at radius 2 is 1.48 bits per heavy atom.